The third kappa shape index (κ3) is 2.39. The zero-order valence-electron chi connectivity index (χ0n) is 12.0. The lowest BCUT2D eigenvalue weighted by Crippen LogP contribution is -2.39. The molecule has 0 radical (unpaired) electrons. The maximum Gasteiger partial charge on any atom is 0.265 e. The molecule has 4 rings (SSSR count). The van der Waals surface area contributed by atoms with Crippen LogP contribution in [0.25, 0.3) is 11.0 Å². The average molecular weight is 312 g/mol. The number of amides is 1. The molecule has 1 aliphatic heterocycles. The number of aromatic nitrogens is 3. The van der Waals surface area contributed by atoms with Crippen molar-refractivity contribution >= 4 is 28.3 Å². The maximum atomic E-state index is 12.5. The van der Waals surface area contributed by atoms with Crippen LogP contribution in [0, 0.1) is 0 Å². The standard InChI is InChI=1S/C16H16N4OS/c21-16(14-8-17-10-22-14)20-7-3-4-11(9-20)15-18-12-5-1-2-6-13(12)19-15/h1-2,5-6,8,10-11H,3-4,7,9H2,(H,18,19). The SMILES string of the molecule is O=C(c1cncs1)N1CCCC(c2nc3ccccc3[nH]2)C1. The Morgan fingerprint density at radius 1 is 1.36 bits per heavy atom. The van der Waals surface area contributed by atoms with Gasteiger partial charge in [0.1, 0.15) is 10.7 Å². The highest BCUT2D eigenvalue weighted by atomic mass is 32.1. The predicted molar refractivity (Wildman–Crippen MR) is 86.1 cm³/mol. The number of imidazole rings is 1. The molecule has 22 heavy (non-hydrogen) atoms. The Hall–Kier alpha value is -2.21. The van der Waals surface area contributed by atoms with E-state index in [1.165, 1.54) is 11.3 Å². The first kappa shape index (κ1) is 13.5. The van der Waals surface area contributed by atoms with Gasteiger partial charge in [-0.15, -0.1) is 11.3 Å². The summed E-state index contributed by atoms with van der Waals surface area (Å²) in [5.41, 5.74) is 3.75. The molecule has 0 saturated carbocycles. The number of hydrogen-bond donors (Lipinski definition) is 1. The van der Waals surface area contributed by atoms with Crippen molar-refractivity contribution in [2.75, 3.05) is 13.1 Å². The van der Waals surface area contributed by atoms with E-state index < -0.39 is 0 Å². The molecule has 0 aliphatic carbocycles. The molecule has 2 aromatic heterocycles. The van der Waals surface area contributed by atoms with Crippen LogP contribution in [-0.2, 0) is 0 Å². The Morgan fingerprint density at radius 3 is 3.09 bits per heavy atom. The van der Waals surface area contributed by atoms with Crippen LogP contribution in [0.2, 0.25) is 0 Å². The van der Waals surface area contributed by atoms with Gasteiger partial charge in [0.15, 0.2) is 0 Å². The van der Waals surface area contributed by atoms with Gasteiger partial charge in [0.25, 0.3) is 5.91 Å². The lowest BCUT2D eigenvalue weighted by atomic mass is 9.97. The first-order valence-electron chi connectivity index (χ1n) is 7.43. The van der Waals surface area contributed by atoms with E-state index in [1.54, 1.807) is 11.7 Å². The van der Waals surface area contributed by atoms with Crippen molar-refractivity contribution < 1.29 is 4.79 Å². The molecule has 112 valence electrons. The molecule has 1 atom stereocenters. The molecule has 1 N–H and O–H groups in total. The van der Waals surface area contributed by atoms with E-state index in [-0.39, 0.29) is 11.8 Å². The van der Waals surface area contributed by atoms with Crippen LogP contribution >= 0.6 is 11.3 Å². The number of hydrogen-bond acceptors (Lipinski definition) is 4. The zero-order chi connectivity index (χ0) is 14.9. The van der Waals surface area contributed by atoms with E-state index in [0.29, 0.717) is 4.88 Å². The molecular weight excluding hydrogens is 296 g/mol. The summed E-state index contributed by atoms with van der Waals surface area (Å²) in [6.45, 7) is 1.53. The largest absolute Gasteiger partial charge is 0.342 e. The van der Waals surface area contributed by atoms with Crippen LogP contribution in [0.3, 0.4) is 0 Å². The fourth-order valence-corrected chi connectivity index (χ4v) is 3.61. The van der Waals surface area contributed by atoms with Gasteiger partial charge in [0, 0.05) is 19.0 Å². The van der Waals surface area contributed by atoms with Gasteiger partial charge in [0.05, 0.1) is 22.7 Å². The van der Waals surface area contributed by atoms with E-state index in [4.69, 9.17) is 0 Å². The van der Waals surface area contributed by atoms with Crippen LogP contribution < -0.4 is 0 Å². The fraction of sp³-hybridized carbons (Fsp3) is 0.312. The molecule has 1 saturated heterocycles. The van der Waals surface area contributed by atoms with Gasteiger partial charge in [-0.25, -0.2) is 4.98 Å². The average Bonchev–Trinajstić information content (AvgIpc) is 3.23. The van der Waals surface area contributed by atoms with Gasteiger partial charge in [-0.05, 0) is 25.0 Å². The molecule has 1 aromatic carbocycles. The van der Waals surface area contributed by atoms with E-state index in [0.717, 1.165) is 42.8 Å². The highest BCUT2D eigenvalue weighted by Crippen LogP contribution is 2.27. The van der Waals surface area contributed by atoms with Gasteiger partial charge in [-0.2, -0.15) is 0 Å². The van der Waals surface area contributed by atoms with Crippen LogP contribution in [0.1, 0.15) is 34.3 Å². The van der Waals surface area contributed by atoms with Gasteiger partial charge < -0.3 is 9.88 Å². The van der Waals surface area contributed by atoms with Crippen molar-refractivity contribution in [1.29, 1.82) is 0 Å². The summed E-state index contributed by atoms with van der Waals surface area (Å²) in [6.07, 6.45) is 3.72. The fourth-order valence-electron chi connectivity index (χ4n) is 3.03. The predicted octanol–water partition coefficient (Wildman–Crippen LogP) is 3.04. The van der Waals surface area contributed by atoms with E-state index in [2.05, 4.69) is 15.0 Å². The molecule has 3 aromatic rings. The van der Waals surface area contributed by atoms with Gasteiger partial charge in [-0.1, -0.05) is 12.1 Å². The molecule has 1 unspecified atom stereocenters. The van der Waals surface area contributed by atoms with Crippen molar-refractivity contribution in [2.24, 2.45) is 0 Å². The van der Waals surface area contributed by atoms with Crippen LogP contribution in [0.15, 0.2) is 36.0 Å². The normalized spacial score (nSPS) is 18.7. The first-order chi connectivity index (χ1) is 10.8. The second-order valence-electron chi connectivity index (χ2n) is 5.60. The van der Waals surface area contributed by atoms with Gasteiger partial charge >= 0.3 is 0 Å². The van der Waals surface area contributed by atoms with Crippen molar-refractivity contribution in [3.05, 3.63) is 46.7 Å². The molecule has 0 bridgehead atoms. The van der Waals surface area contributed by atoms with Gasteiger partial charge in [0.2, 0.25) is 0 Å². The number of rotatable bonds is 2. The molecule has 1 aliphatic rings. The van der Waals surface area contributed by atoms with Gasteiger partial charge in [-0.3, -0.25) is 9.78 Å². The quantitative estimate of drug-likeness (QED) is 0.791. The van der Waals surface area contributed by atoms with E-state index in [9.17, 15) is 4.79 Å². The molecule has 1 fully saturated rings. The van der Waals surface area contributed by atoms with Crippen molar-refractivity contribution in [3.8, 4) is 0 Å². The number of piperidine rings is 1. The summed E-state index contributed by atoms with van der Waals surface area (Å²) in [4.78, 5) is 27.2. The smallest absolute Gasteiger partial charge is 0.265 e. The van der Waals surface area contributed by atoms with Crippen molar-refractivity contribution in [2.45, 2.75) is 18.8 Å². The molecule has 1 amide bonds. The first-order valence-corrected chi connectivity index (χ1v) is 8.31. The summed E-state index contributed by atoms with van der Waals surface area (Å²) in [6, 6.07) is 8.05. The van der Waals surface area contributed by atoms with Crippen molar-refractivity contribution in [1.82, 2.24) is 19.9 Å². The minimum Gasteiger partial charge on any atom is -0.342 e. The number of H-pyrrole nitrogens is 1. The number of fused-ring (bicyclic) bond motifs is 1. The molecular formula is C16H16N4OS. The van der Waals surface area contributed by atoms with Crippen LogP contribution in [-0.4, -0.2) is 38.8 Å². The Balaban J connectivity index is 1.56. The Morgan fingerprint density at radius 2 is 2.27 bits per heavy atom. The summed E-state index contributed by atoms with van der Waals surface area (Å²) in [5.74, 6) is 1.35. The number of benzene rings is 1. The number of thiazole rings is 1. The minimum absolute atomic E-state index is 0.0864. The van der Waals surface area contributed by atoms with Crippen LogP contribution in [0.5, 0.6) is 0 Å². The number of nitrogens with one attached hydrogen (secondary N) is 1. The Kier molecular flexibility index (Phi) is 3.38. The van der Waals surface area contributed by atoms with Crippen LogP contribution in [0.4, 0.5) is 0 Å². The van der Waals surface area contributed by atoms with E-state index in [1.807, 2.05) is 29.2 Å². The number of para-hydroxylation sites is 2. The number of likely N-dealkylation sites (tertiary alicyclic amines) is 1. The minimum atomic E-state index is 0.0864. The van der Waals surface area contributed by atoms with Crippen molar-refractivity contribution in [3.63, 3.8) is 0 Å². The Bertz CT molecular complexity index is 762. The summed E-state index contributed by atoms with van der Waals surface area (Å²) < 4.78 is 0. The third-order valence-corrected chi connectivity index (χ3v) is 4.91. The maximum absolute atomic E-state index is 12.5. The molecule has 5 nitrogen and oxygen atoms in total. The summed E-state index contributed by atoms with van der Waals surface area (Å²) in [5, 5.41) is 0. The second kappa shape index (κ2) is 5.53. The number of carbonyl (C=O) groups excluding carboxylic acids is 1. The number of nitrogens with zero attached hydrogens (tertiary/aromatic N) is 3. The monoisotopic (exact) mass is 312 g/mol. The Labute approximate surface area is 132 Å². The second-order valence-corrected chi connectivity index (χ2v) is 6.48. The topological polar surface area (TPSA) is 61.9 Å². The number of aromatic amines is 1. The summed E-state index contributed by atoms with van der Waals surface area (Å²) in [7, 11) is 0. The molecule has 6 heteroatoms. The highest BCUT2D eigenvalue weighted by molar-refractivity contribution is 7.11. The third-order valence-electron chi connectivity index (χ3n) is 4.15. The molecule has 3 heterocycles. The highest BCUT2D eigenvalue weighted by Gasteiger charge is 2.27. The van der Waals surface area contributed by atoms with E-state index >= 15 is 0 Å². The zero-order valence-corrected chi connectivity index (χ0v) is 12.8. The number of carbonyl (C=O) groups is 1. The lowest BCUT2D eigenvalue weighted by Gasteiger charge is -2.31. The lowest BCUT2D eigenvalue weighted by molar-refractivity contribution is 0.0709. The molecule has 0 spiro atoms. The summed E-state index contributed by atoms with van der Waals surface area (Å²) >= 11 is 1.40.